The molecular formula is C7H14O5. The Morgan fingerprint density at radius 3 is 1.33 bits per heavy atom. The highest BCUT2D eigenvalue weighted by Gasteiger charge is 1.94. The molecule has 0 bridgehead atoms. The maximum Gasteiger partial charge on any atom is 0.195 e. The Morgan fingerprint density at radius 1 is 1.08 bits per heavy atom. The van der Waals surface area contributed by atoms with Crippen LogP contribution in [-0.4, -0.2) is 46.2 Å². The molecule has 3 N–H and O–H groups in total. The second-order valence-corrected chi connectivity index (χ2v) is 2.13. The lowest BCUT2D eigenvalue weighted by molar-refractivity contribution is -0.134. The van der Waals surface area contributed by atoms with Crippen LogP contribution in [0.5, 0.6) is 0 Å². The normalized spacial score (nSPS) is 8.83. The number of hydrogen-bond acceptors (Lipinski definition) is 5. The van der Waals surface area contributed by atoms with Crippen molar-refractivity contribution in [2.24, 2.45) is 0 Å². The van der Waals surface area contributed by atoms with Crippen LogP contribution in [0, 0.1) is 0 Å². The van der Waals surface area contributed by atoms with Gasteiger partial charge in [0.15, 0.2) is 11.6 Å². The van der Waals surface area contributed by atoms with Gasteiger partial charge < -0.3 is 15.3 Å². The number of aliphatic hydroxyl groups excluding tert-OH is 3. The summed E-state index contributed by atoms with van der Waals surface area (Å²) in [5.41, 5.74) is 0. The van der Waals surface area contributed by atoms with Crippen molar-refractivity contribution in [3.63, 3.8) is 0 Å². The van der Waals surface area contributed by atoms with E-state index in [1.807, 2.05) is 0 Å². The van der Waals surface area contributed by atoms with Crippen molar-refractivity contribution in [3.8, 4) is 0 Å². The van der Waals surface area contributed by atoms with E-state index in [4.69, 9.17) is 15.3 Å². The number of carbonyl (C=O) groups is 2. The zero-order chi connectivity index (χ0) is 10.1. The third kappa shape index (κ3) is 12.0. The number of aliphatic hydroxyl groups is 3. The minimum Gasteiger partial charge on any atom is -0.394 e. The molecule has 0 unspecified atom stereocenters. The largest absolute Gasteiger partial charge is 0.394 e. The number of carbonyl (C=O) groups excluding carboxylic acids is 2. The van der Waals surface area contributed by atoms with Gasteiger partial charge in [0.2, 0.25) is 0 Å². The SMILES string of the molecule is CC(=O)C(C)=O.OCC(O)CO. The molecule has 0 amide bonds. The van der Waals surface area contributed by atoms with Gasteiger partial charge in [-0.3, -0.25) is 9.59 Å². The van der Waals surface area contributed by atoms with E-state index in [1.165, 1.54) is 13.8 Å². The number of ketones is 2. The topological polar surface area (TPSA) is 94.8 Å². The summed E-state index contributed by atoms with van der Waals surface area (Å²) in [6.45, 7) is 1.78. The van der Waals surface area contributed by atoms with E-state index in [1.54, 1.807) is 0 Å². The van der Waals surface area contributed by atoms with Crippen LogP contribution in [0.4, 0.5) is 0 Å². The van der Waals surface area contributed by atoms with Crippen molar-refractivity contribution in [1.82, 2.24) is 0 Å². The Morgan fingerprint density at radius 2 is 1.33 bits per heavy atom. The van der Waals surface area contributed by atoms with Crippen molar-refractivity contribution in [1.29, 1.82) is 0 Å². The molecule has 0 aliphatic rings. The second kappa shape index (κ2) is 8.32. The van der Waals surface area contributed by atoms with Crippen LogP contribution in [0.25, 0.3) is 0 Å². The molecule has 0 aromatic heterocycles. The zero-order valence-corrected chi connectivity index (χ0v) is 7.15. The van der Waals surface area contributed by atoms with Gasteiger partial charge in [-0.25, -0.2) is 0 Å². The van der Waals surface area contributed by atoms with Crippen molar-refractivity contribution >= 4 is 11.6 Å². The van der Waals surface area contributed by atoms with Crippen LogP contribution in [-0.2, 0) is 9.59 Å². The van der Waals surface area contributed by atoms with Gasteiger partial charge in [-0.1, -0.05) is 0 Å². The minimum atomic E-state index is -0.954. The molecule has 0 aromatic rings. The molecule has 0 aliphatic carbocycles. The first-order chi connectivity index (χ1) is 5.45. The third-order valence-corrected chi connectivity index (χ3v) is 0.917. The average Bonchev–Trinajstić information content (AvgIpc) is 2.04. The van der Waals surface area contributed by atoms with E-state index in [2.05, 4.69) is 0 Å². The van der Waals surface area contributed by atoms with Crippen LogP contribution in [0.2, 0.25) is 0 Å². The lowest BCUT2D eigenvalue weighted by Gasteiger charge is -1.96. The highest BCUT2D eigenvalue weighted by Crippen LogP contribution is 1.71. The number of hydrogen-bond donors (Lipinski definition) is 3. The maximum atomic E-state index is 9.79. The van der Waals surface area contributed by atoms with Gasteiger partial charge in [0.05, 0.1) is 13.2 Å². The first-order valence-electron chi connectivity index (χ1n) is 3.37. The second-order valence-electron chi connectivity index (χ2n) is 2.13. The molecular weight excluding hydrogens is 164 g/mol. The molecule has 0 rings (SSSR count). The van der Waals surface area contributed by atoms with E-state index in [9.17, 15) is 9.59 Å². The Bertz CT molecular complexity index is 127. The fourth-order valence-corrected chi connectivity index (χ4v) is 0.0577. The van der Waals surface area contributed by atoms with Gasteiger partial charge in [0, 0.05) is 13.8 Å². The molecule has 0 atom stereocenters. The van der Waals surface area contributed by atoms with Gasteiger partial charge in [0.1, 0.15) is 6.10 Å². The predicted octanol–water partition coefficient (Wildman–Crippen LogP) is -1.50. The summed E-state index contributed by atoms with van der Waals surface area (Å²) < 4.78 is 0. The first-order valence-corrected chi connectivity index (χ1v) is 3.37. The van der Waals surface area contributed by atoms with Crippen molar-refractivity contribution in [2.45, 2.75) is 20.0 Å². The Hall–Kier alpha value is -0.780. The van der Waals surface area contributed by atoms with E-state index in [0.29, 0.717) is 0 Å². The zero-order valence-electron chi connectivity index (χ0n) is 7.15. The van der Waals surface area contributed by atoms with Crippen LogP contribution in [0.3, 0.4) is 0 Å². The molecule has 5 heteroatoms. The van der Waals surface area contributed by atoms with Crippen molar-refractivity contribution < 1.29 is 24.9 Å². The fourth-order valence-electron chi connectivity index (χ4n) is 0.0577. The van der Waals surface area contributed by atoms with E-state index in [0.717, 1.165) is 0 Å². The van der Waals surface area contributed by atoms with E-state index >= 15 is 0 Å². The molecule has 0 fully saturated rings. The molecule has 0 aliphatic heterocycles. The number of rotatable bonds is 3. The molecule has 0 spiro atoms. The Labute approximate surface area is 70.6 Å². The molecule has 0 radical (unpaired) electrons. The van der Waals surface area contributed by atoms with Gasteiger partial charge in [-0.2, -0.15) is 0 Å². The van der Waals surface area contributed by atoms with E-state index < -0.39 is 6.10 Å². The highest BCUT2D eigenvalue weighted by atomic mass is 16.3. The number of Topliss-reactive ketones (excluding diaryl/α,β-unsaturated/α-hetero) is 2. The fraction of sp³-hybridized carbons (Fsp3) is 0.714. The monoisotopic (exact) mass is 178 g/mol. The summed E-state index contributed by atoms with van der Waals surface area (Å²) in [7, 11) is 0. The van der Waals surface area contributed by atoms with Gasteiger partial charge in [-0.05, 0) is 0 Å². The molecule has 12 heavy (non-hydrogen) atoms. The molecule has 0 saturated carbocycles. The van der Waals surface area contributed by atoms with Crippen molar-refractivity contribution in [3.05, 3.63) is 0 Å². The lowest BCUT2D eigenvalue weighted by Crippen LogP contribution is -2.15. The maximum absolute atomic E-state index is 9.79. The minimum absolute atomic E-state index is 0.365. The van der Waals surface area contributed by atoms with Gasteiger partial charge in [-0.15, -0.1) is 0 Å². The highest BCUT2D eigenvalue weighted by molar-refractivity contribution is 6.35. The van der Waals surface area contributed by atoms with Crippen LogP contribution in [0.1, 0.15) is 13.8 Å². The van der Waals surface area contributed by atoms with Crippen molar-refractivity contribution in [2.75, 3.05) is 13.2 Å². The Balaban J connectivity index is 0. The van der Waals surface area contributed by atoms with Gasteiger partial charge in [0.25, 0.3) is 0 Å². The third-order valence-electron chi connectivity index (χ3n) is 0.917. The molecule has 0 aromatic carbocycles. The summed E-state index contributed by atoms with van der Waals surface area (Å²) in [6.07, 6.45) is -0.954. The Kier molecular flexibility index (Phi) is 9.56. The summed E-state index contributed by atoms with van der Waals surface area (Å²) in [6, 6.07) is 0. The summed E-state index contributed by atoms with van der Waals surface area (Å²) in [5.74, 6) is -0.759. The van der Waals surface area contributed by atoms with Crippen LogP contribution < -0.4 is 0 Å². The first kappa shape index (κ1) is 13.8. The van der Waals surface area contributed by atoms with E-state index in [-0.39, 0.29) is 24.8 Å². The standard InChI is InChI=1S/C4H6O2.C3H8O3/c1-3(5)4(2)6;4-1-3(6)2-5/h1-2H3;3-6H,1-2H2. The van der Waals surface area contributed by atoms with Gasteiger partial charge >= 0.3 is 0 Å². The summed E-state index contributed by atoms with van der Waals surface area (Å²) >= 11 is 0. The molecule has 0 heterocycles. The molecule has 5 nitrogen and oxygen atoms in total. The molecule has 0 saturated heterocycles. The average molecular weight is 178 g/mol. The lowest BCUT2D eigenvalue weighted by atomic mass is 10.3. The summed E-state index contributed by atoms with van der Waals surface area (Å²) in [4.78, 5) is 19.6. The van der Waals surface area contributed by atoms with Crippen LogP contribution >= 0.6 is 0 Å². The summed E-state index contributed by atoms with van der Waals surface area (Å²) in [5, 5.41) is 24.0. The quantitative estimate of drug-likeness (QED) is 0.457. The molecule has 72 valence electrons. The smallest absolute Gasteiger partial charge is 0.195 e. The predicted molar refractivity (Wildman–Crippen MR) is 41.5 cm³/mol. The van der Waals surface area contributed by atoms with Crippen LogP contribution in [0.15, 0.2) is 0 Å².